The van der Waals surface area contributed by atoms with Crippen LogP contribution in [0.3, 0.4) is 0 Å². The van der Waals surface area contributed by atoms with Gasteiger partial charge in [0.25, 0.3) is 11.8 Å². The SMILES string of the molecule is CCn1nc(C)cc1C(=O)/N=c1\n(C)c2cccnc2n1C/C=C/Cn1/c(=N/C(=O)c2cc(C)nn2CC)n(C)c2cccc(CN3CCOCC3)c21. The number of carbonyl (C=O) groups is 2. The molecule has 1 aliphatic rings. The van der Waals surface area contributed by atoms with E-state index in [2.05, 4.69) is 53.9 Å². The lowest BCUT2D eigenvalue weighted by Gasteiger charge is -2.27. The van der Waals surface area contributed by atoms with Crippen LogP contribution in [0, 0.1) is 13.8 Å². The van der Waals surface area contributed by atoms with Crippen LogP contribution in [0.5, 0.6) is 0 Å². The molecule has 5 aromatic heterocycles. The molecule has 0 radical (unpaired) electrons. The molecule has 1 fully saturated rings. The van der Waals surface area contributed by atoms with Gasteiger partial charge in [0.05, 0.1) is 41.2 Å². The molecule has 1 aromatic carbocycles. The quantitative estimate of drug-likeness (QED) is 0.198. The summed E-state index contributed by atoms with van der Waals surface area (Å²) >= 11 is 0. The Bertz CT molecular complexity index is 2490. The lowest BCUT2D eigenvalue weighted by Crippen LogP contribution is -2.35. The van der Waals surface area contributed by atoms with Gasteiger partial charge in [-0.1, -0.05) is 24.3 Å². The van der Waals surface area contributed by atoms with Crippen LogP contribution in [0.25, 0.3) is 22.2 Å². The van der Waals surface area contributed by atoms with Gasteiger partial charge in [0.1, 0.15) is 11.4 Å². The number of imidazole rings is 2. The van der Waals surface area contributed by atoms with E-state index in [9.17, 15) is 9.59 Å². The third-order valence-corrected chi connectivity index (χ3v) is 9.68. The first-order valence-corrected chi connectivity index (χ1v) is 18.1. The molecule has 276 valence electrons. The van der Waals surface area contributed by atoms with E-state index in [0.29, 0.717) is 67.7 Å². The highest BCUT2D eigenvalue weighted by atomic mass is 16.5. The Kier molecular flexibility index (Phi) is 10.2. The molecule has 0 spiro atoms. The van der Waals surface area contributed by atoms with Gasteiger partial charge < -0.3 is 18.4 Å². The number of carbonyl (C=O) groups excluding carboxylic acids is 2. The summed E-state index contributed by atoms with van der Waals surface area (Å²) in [6, 6.07) is 13.7. The first-order valence-electron chi connectivity index (χ1n) is 18.1. The molecule has 0 unspecified atom stereocenters. The predicted molar refractivity (Wildman–Crippen MR) is 200 cm³/mol. The highest BCUT2D eigenvalue weighted by Crippen LogP contribution is 2.21. The van der Waals surface area contributed by atoms with Crippen molar-refractivity contribution in [3.8, 4) is 0 Å². The average molecular weight is 719 g/mol. The van der Waals surface area contributed by atoms with Crippen LogP contribution in [0.15, 0.2) is 70.8 Å². The molecule has 15 nitrogen and oxygen atoms in total. The van der Waals surface area contributed by atoms with Crippen molar-refractivity contribution in [3.63, 3.8) is 0 Å². The number of para-hydroxylation sites is 1. The molecule has 0 aliphatic carbocycles. The lowest BCUT2D eigenvalue weighted by molar-refractivity contribution is 0.0343. The Labute approximate surface area is 306 Å². The van der Waals surface area contributed by atoms with Crippen molar-refractivity contribution < 1.29 is 14.3 Å². The number of benzene rings is 1. The number of aryl methyl sites for hydroxylation is 6. The van der Waals surface area contributed by atoms with Gasteiger partial charge in [0, 0.05) is 66.1 Å². The van der Waals surface area contributed by atoms with Crippen LogP contribution in [-0.4, -0.2) is 85.8 Å². The zero-order chi connectivity index (χ0) is 37.2. The normalized spacial score (nSPS) is 14.8. The molecular formula is C38H46N12O3. The lowest BCUT2D eigenvalue weighted by atomic mass is 10.1. The van der Waals surface area contributed by atoms with E-state index in [1.165, 1.54) is 0 Å². The molecule has 0 saturated carbocycles. The molecule has 0 N–H and O–H groups in total. The predicted octanol–water partition coefficient (Wildman–Crippen LogP) is 3.29. The summed E-state index contributed by atoms with van der Waals surface area (Å²) in [6.45, 7) is 13.5. The fourth-order valence-corrected chi connectivity index (χ4v) is 7.10. The summed E-state index contributed by atoms with van der Waals surface area (Å²) < 4.78 is 16.9. The molecule has 0 atom stereocenters. The largest absolute Gasteiger partial charge is 0.379 e. The zero-order valence-electron chi connectivity index (χ0n) is 31.2. The highest BCUT2D eigenvalue weighted by molar-refractivity contribution is 5.94. The molecule has 7 rings (SSSR count). The maximum atomic E-state index is 13.8. The van der Waals surface area contributed by atoms with E-state index in [0.717, 1.165) is 53.1 Å². The van der Waals surface area contributed by atoms with E-state index >= 15 is 0 Å². The Morgan fingerprint density at radius 1 is 0.792 bits per heavy atom. The van der Waals surface area contributed by atoms with Gasteiger partial charge >= 0.3 is 0 Å². The van der Waals surface area contributed by atoms with Crippen molar-refractivity contribution >= 4 is 34.0 Å². The molecular weight excluding hydrogens is 672 g/mol. The topological polar surface area (TPSA) is 140 Å². The average Bonchev–Trinajstić information content (AvgIpc) is 3.89. The van der Waals surface area contributed by atoms with E-state index in [1.807, 2.05) is 73.7 Å². The summed E-state index contributed by atoms with van der Waals surface area (Å²) in [5.41, 5.74) is 8.13. The van der Waals surface area contributed by atoms with Crippen LogP contribution in [0.2, 0.25) is 0 Å². The second kappa shape index (κ2) is 15.1. The number of aromatic nitrogens is 9. The second-order valence-corrected chi connectivity index (χ2v) is 13.2. The van der Waals surface area contributed by atoms with Gasteiger partial charge in [-0.3, -0.25) is 28.4 Å². The first kappa shape index (κ1) is 35.7. The van der Waals surface area contributed by atoms with Crippen molar-refractivity contribution in [2.75, 3.05) is 26.3 Å². The number of pyridine rings is 1. The van der Waals surface area contributed by atoms with E-state index in [-0.39, 0.29) is 11.8 Å². The number of amides is 2. The van der Waals surface area contributed by atoms with E-state index in [1.54, 1.807) is 27.7 Å². The van der Waals surface area contributed by atoms with Gasteiger partial charge in [-0.05, 0) is 63.6 Å². The van der Waals surface area contributed by atoms with Crippen LogP contribution in [0.1, 0.15) is 51.8 Å². The molecule has 6 heterocycles. The summed E-state index contributed by atoms with van der Waals surface area (Å²) in [5, 5.41) is 8.91. The Morgan fingerprint density at radius 2 is 1.36 bits per heavy atom. The Morgan fingerprint density at radius 3 is 1.98 bits per heavy atom. The third kappa shape index (κ3) is 6.97. The molecule has 1 aliphatic heterocycles. The van der Waals surface area contributed by atoms with Crippen molar-refractivity contribution in [3.05, 3.63) is 100 Å². The molecule has 6 aromatic rings. The molecule has 53 heavy (non-hydrogen) atoms. The van der Waals surface area contributed by atoms with Crippen LogP contribution >= 0.6 is 0 Å². The third-order valence-electron chi connectivity index (χ3n) is 9.68. The highest BCUT2D eigenvalue weighted by Gasteiger charge is 2.20. The Hall–Kier alpha value is -5.67. The number of ether oxygens (including phenoxy) is 1. The summed E-state index contributed by atoms with van der Waals surface area (Å²) in [6.07, 6.45) is 5.84. The number of allylic oxidation sites excluding steroid dienone is 2. The molecule has 1 saturated heterocycles. The maximum absolute atomic E-state index is 13.8. The summed E-state index contributed by atoms with van der Waals surface area (Å²) in [4.78, 5) is 43.6. The molecule has 2 amide bonds. The monoisotopic (exact) mass is 718 g/mol. The number of hydrogen-bond donors (Lipinski definition) is 0. The minimum absolute atomic E-state index is 0.348. The number of morpholine rings is 1. The number of rotatable bonds is 10. The van der Waals surface area contributed by atoms with Crippen LogP contribution < -0.4 is 11.2 Å². The fourth-order valence-electron chi connectivity index (χ4n) is 7.10. The molecule has 15 heteroatoms. The minimum Gasteiger partial charge on any atom is -0.379 e. The first-order chi connectivity index (χ1) is 25.7. The van der Waals surface area contributed by atoms with Gasteiger partial charge in [-0.2, -0.15) is 20.2 Å². The van der Waals surface area contributed by atoms with Crippen molar-refractivity contribution in [1.82, 2.24) is 47.7 Å². The minimum atomic E-state index is -0.370. The van der Waals surface area contributed by atoms with Gasteiger partial charge in [-0.25, -0.2) is 4.98 Å². The summed E-state index contributed by atoms with van der Waals surface area (Å²) in [7, 11) is 3.83. The number of hydrogen-bond acceptors (Lipinski definition) is 7. The van der Waals surface area contributed by atoms with Crippen molar-refractivity contribution in [2.45, 2.75) is 60.4 Å². The fraction of sp³-hybridized carbons (Fsp3) is 0.395. The van der Waals surface area contributed by atoms with E-state index < -0.39 is 0 Å². The smallest absolute Gasteiger partial charge is 0.298 e. The van der Waals surface area contributed by atoms with Crippen molar-refractivity contribution in [1.29, 1.82) is 0 Å². The van der Waals surface area contributed by atoms with Gasteiger partial charge in [0.15, 0.2) is 5.65 Å². The summed E-state index contributed by atoms with van der Waals surface area (Å²) in [5.74, 6) is -0.718. The second-order valence-electron chi connectivity index (χ2n) is 13.2. The van der Waals surface area contributed by atoms with Crippen LogP contribution in [-0.2, 0) is 51.6 Å². The van der Waals surface area contributed by atoms with Gasteiger partial charge in [-0.15, -0.1) is 0 Å². The van der Waals surface area contributed by atoms with E-state index in [4.69, 9.17) is 9.73 Å². The van der Waals surface area contributed by atoms with Crippen LogP contribution in [0.4, 0.5) is 0 Å². The number of nitrogens with zero attached hydrogens (tertiary/aromatic N) is 12. The van der Waals surface area contributed by atoms with Gasteiger partial charge in [0.2, 0.25) is 11.2 Å². The standard InChI is InChI=1S/C38H46N12O3/c1-7-49-31(23-26(3)42-49)35(51)40-37-44(5)29-14-11-13-28(25-46-19-21-53-22-20-46)33(29)47(37)17-9-10-18-48-34-30(15-12-16-39-34)45(6)38(48)41-36(52)32-24-27(4)43-50(32)8-2/h9-16,23-24H,7-8,17-22,25H2,1-6H3/b10-9+,40-37+,41-38+. The number of fused-ring (bicyclic) bond motifs is 2. The maximum Gasteiger partial charge on any atom is 0.298 e. The zero-order valence-corrected chi connectivity index (χ0v) is 31.2. The Balaban J connectivity index is 1.29. The molecule has 0 bridgehead atoms. The van der Waals surface area contributed by atoms with Crippen molar-refractivity contribution in [2.24, 2.45) is 24.1 Å².